The lowest BCUT2D eigenvalue weighted by Gasteiger charge is -2.11. The van der Waals surface area contributed by atoms with E-state index in [1.165, 1.54) is 17.3 Å². The Hall–Kier alpha value is -3.43. The lowest BCUT2D eigenvalue weighted by molar-refractivity contribution is 0.415. The molecule has 0 spiro atoms. The Kier molecular flexibility index (Phi) is 5.74. The molecule has 0 bridgehead atoms. The smallest absolute Gasteiger partial charge is 0.258 e. The first-order valence-electron chi connectivity index (χ1n) is 9.86. The molecule has 0 saturated carbocycles. The molecule has 3 aromatic heterocycles. The van der Waals surface area contributed by atoms with Crippen LogP contribution in [0.4, 0.5) is 0 Å². The molecular weight excluding hydrogens is 442 g/mol. The zero-order chi connectivity index (χ0) is 21.9. The molecule has 0 fully saturated rings. The molecule has 0 radical (unpaired) electrons. The van der Waals surface area contributed by atoms with Gasteiger partial charge in [0.2, 0.25) is 0 Å². The third-order valence-corrected chi connectivity index (χ3v) is 6.45. The normalized spacial score (nSPS) is 11.1. The molecule has 160 valence electrons. The van der Waals surface area contributed by atoms with Crippen LogP contribution in [-0.4, -0.2) is 32.0 Å². The second-order valence-corrected chi connectivity index (χ2v) is 8.74. The van der Waals surface area contributed by atoms with Gasteiger partial charge in [-0.25, -0.2) is 0 Å². The highest BCUT2D eigenvalue weighted by molar-refractivity contribution is 7.98. The van der Waals surface area contributed by atoms with Crippen LogP contribution in [-0.2, 0) is 5.75 Å². The highest BCUT2D eigenvalue weighted by atomic mass is 32.2. The Morgan fingerprint density at radius 3 is 2.53 bits per heavy atom. The van der Waals surface area contributed by atoms with E-state index in [1.807, 2.05) is 45.7 Å². The molecule has 0 aliphatic heterocycles. The maximum Gasteiger partial charge on any atom is 0.258 e. The number of hydrogen-bond donors (Lipinski definition) is 0. The molecule has 0 saturated heterocycles. The fourth-order valence-corrected chi connectivity index (χ4v) is 4.59. The SMILES string of the molecule is COc1ccc(-c2nnc(SCc3noc(-c4ccsc4)n3)n2-c2ccc(C)cc2)cc1. The number of thiophene rings is 1. The lowest BCUT2D eigenvalue weighted by atomic mass is 10.2. The van der Waals surface area contributed by atoms with Gasteiger partial charge in [-0.3, -0.25) is 4.57 Å². The van der Waals surface area contributed by atoms with E-state index in [-0.39, 0.29) is 0 Å². The quantitative estimate of drug-likeness (QED) is 0.290. The van der Waals surface area contributed by atoms with Crippen LogP contribution in [0, 0.1) is 6.92 Å². The summed E-state index contributed by atoms with van der Waals surface area (Å²) in [5, 5.41) is 17.8. The van der Waals surface area contributed by atoms with Crippen LogP contribution in [0.15, 0.2) is 75.0 Å². The number of thioether (sulfide) groups is 1. The Morgan fingerprint density at radius 2 is 1.81 bits per heavy atom. The van der Waals surface area contributed by atoms with Gasteiger partial charge in [0.25, 0.3) is 5.89 Å². The van der Waals surface area contributed by atoms with Gasteiger partial charge in [0.05, 0.1) is 18.4 Å². The minimum Gasteiger partial charge on any atom is -0.497 e. The Balaban J connectivity index is 1.46. The molecule has 0 amide bonds. The van der Waals surface area contributed by atoms with Gasteiger partial charge in [0.1, 0.15) is 5.75 Å². The summed E-state index contributed by atoms with van der Waals surface area (Å²) in [7, 11) is 1.65. The van der Waals surface area contributed by atoms with Gasteiger partial charge in [0, 0.05) is 16.6 Å². The number of benzene rings is 2. The number of ether oxygens (including phenoxy) is 1. The van der Waals surface area contributed by atoms with Crippen molar-refractivity contribution >= 4 is 23.1 Å². The monoisotopic (exact) mass is 461 g/mol. The van der Waals surface area contributed by atoms with Crippen molar-refractivity contribution in [1.82, 2.24) is 24.9 Å². The first-order valence-corrected chi connectivity index (χ1v) is 11.8. The summed E-state index contributed by atoms with van der Waals surface area (Å²) < 4.78 is 12.7. The molecule has 3 heterocycles. The molecule has 7 nitrogen and oxygen atoms in total. The van der Waals surface area contributed by atoms with Gasteiger partial charge in [-0.15, -0.1) is 10.2 Å². The van der Waals surface area contributed by atoms with Crippen LogP contribution >= 0.6 is 23.1 Å². The summed E-state index contributed by atoms with van der Waals surface area (Å²) in [5.74, 6) is 3.20. The fraction of sp³-hybridized carbons (Fsp3) is 0.130. The van der Waals surface area contributed by atoms with Crippen LogP contribution in [0.1, 0.15) is 11.4 Å². The van der Waals surface area contributed by atoms with Crippen molar-refractivity contribution < 1.29 is 9.26 Å². The van der Waals surface area contributed by atoms with Crippen LogP contribution in [0.25, 0.3) is 28.5 Å². The van der Waals surface area contributed by atoms with E-state index in [2.05, 4.69) is 51.5 Å². The maximum absolute atomic E-state index is 5.40. The van der Waals surface area contributed by atoms with E-state index in [0.717, 1.165) is 33.5 Å². The zero-order valence-corrected chi connectivity index (χ0v) is 19.1. The topological polar surface area (TPSA) is 78.9 Å². The van der Waals surface area contributed by atoms with Gasteiger partial charge in [-0.05, 0) is 54.8 Å². The van der Waals surface area contributed by atoms with E-state index >= 15 is 0 Å². The summed E-state index contributed by atoms with van der Waals surface area (Å²) in [6, 6.07) is 18.1. The largest absolute Gasteiger partial charge is 0.497 e. The molecule has 0 N–H and O–H groups in total. The molecule has 0 aliphatic carbocycles. The average molecular weight is 462 g/mol. The van der Waals surface area contributed by atoms with Gasteiger partial charge >= 0.3 is 0 Å². The van der Waals surface area contributed by atoms with Crippen molar-refractivity contribution in [2.45, 2.75) is 17.8 Å². The second kappa shape index (κ2) is 8.97. The number of nitrogens with zero attached hydrogens (tertiary/aromatic N) is 5. The van der Waals surface area contributed by atoms with Crippen molar-refractivity contribution in [2.75, 3.05) is 7.11 Å². The van der Waals surface area contributed by atoms with Crippen LogP contribution < -0.4 is 4.74 Å². The molecule has 5 aromatic rings. The number of aromatic nitrogens is 5. The Morgan fingerprint density at radius 1 is 1.00 bits per heavy atom. The molecule has 0 aliphatic rings. The van der Waals surface area contributed by atoms with Crippen molar-refractivity contribution in [3.63, 3.8) is 0 Å². The standard InChI is InChI=1S/C23H19N5O2S2/c1-15-3-7-18(8-4-15)28-21(16-5-9-19(29-2)10-6-16)25-26-23(28)32-14-20-24-22(30-27-20)17-11-12-31-13-17/h3-13H,14H2,1-2H3. The van der Waals surface area contributed by atoms with Crippen molar-refractivity contribution in [3.8, 4) is 34.3 Å². The molecule has 32 heavy (non-hydrogen) atoms. The molecule has 0 unspecified atom stereocenters. The molecule has 9 heteroatoms. The third-order valence-electron chi connectivity index (χ3n) is 4.84. The predicted molar refractivity (Wildman–Crippen MR) is 125 cm³/mol. The first-order chi connectivity index (χ1) is 15.7. The lowest BCUT2D eigenvalue weighted by Crippen LogP contribution is -2.00. The maximum atomic E-state index is 5.40. The highest BCUT2D eigenvalue weighted by Gasteiger charge is 2.18. The molecule has 5 rings (SSSR count). The Labute approximate surface area is 193 Å². The molecular formula is C23H19N5O2S2. The van der Waals surface area contributed by atoms with Crippen LogP contribution in [0.3, 0.4) is 0 Å². The van der Waals surface area contributed by atoms with E-state index < -0.39 is 0 Å². The number of aryl methyl sites for hydroxylation is 1. The van der Waals surface area contributed by atoms with E-state index in [4.69, 9.17) is 9.26 Å². The highest BCUT2D eigenvalue weighted by Crippen LogP contribution is 2.31. The summed E-state index contributed by atoms with van der Waals surface area (Å²) in [4.78, 5) is 4.50. The van der Waals surface area contributed by atoms with Crippen LogP contribution in [0.5, 0.6) is 5.75 Å². The van der Waals surface area contributed by atoms with Gasteiger partial charge in [-0.1, -0.05) is 34.6 Å². The minimum atomic E-state index is 0.514. The predicted octanol–water partition coefficient (Wildman–Crippen LogP) is 5.66. The summed E-state index contributed by atoms with van der Waals surface area (Å²) in [6.07, 6.45) is 0. The van der Waals surface area contributed by atoms with E-state index in [9.17, 15) is 0 Å². The number of rotatable bonds is 7. The second-order valence-electron chi connectivity index (χ2n) is 7.02. The number of hydrogen-bond acceptors (Lipinski definition) is 8. The van der Waals surface area contributed by atoms with Gasteiger partial charge < -0.3 is 9.26 Å². The third kappa shape index (κ3) is 4.17. The summed E-state index contributed by atoms with van der Waals surface area (Å²) >= 11 is 3.11. The average Bonchev–Trinajstić information content (AvgIpc) is 3.59. The molecule has 0 atom stereocenters. The zero-order valence-electron chi connectivity index (χ0n) is 17.4. The van der Waals surface area contributed by atoms with Crippen molar-refractivity contribution in [3.05, 3.63) is 76.7 Å². The van der Waals surface area contributed by atoms with Gasteiger partial charge in [0.15, 0.2) is 16.8 Å². The minimum absolute atomic E-state index is 0.514. The fourth-order valence-electron chi connectivity index (χ4n) is 3.16. The van der Waals surface area contributed by atoms with E-state index in [1.54, 1.807) is 18.4 Å². The van der Waals surface area contributed by atoms with Gasteiger partial charge in [-0.2, -0.15) is 16.3 Å². The van der Waals surface area contributed by atoms with Crippen molar-refractivity contribution in [2.24, 2.45) is 0 Å². The van der Waals surface area contributed by atoms with E-state index in [0.29, 0.717) is 17.5 Å². The first kappa shape index (κ1) is 20.5. The van der Waals surface area contributed by atoms with Crippen LogP contribution in [0.2, 0.25) is 0 Å². The molecule has 2 aromatic carbocycles. The van der Waals surface area contributed by atoms with Crippen molar-refractivity contribution in [1.29, 1.82) is 0 Å². The Bertz CT molecular complexity index is 1310. The number of methoxy groups -OCH3 is 1. The summed E-state index contributed by atoms with van der Waals surface area (Å²) in [6.45, 7) is 2.07. The summed E-state index contributed by atoms with van der Waals surface area (Å²) in [5.41, 5.74) is 4.06.